The van der Waals surface area contributed by atoms with Crippen molar-refractivity contribution >= 4 is 11.5 Å². The molecule has 0 spiro atoms. The second kappa shape index (κ2) is 4.89. The summed E-state index contributed by atoms with van der Waals surface area (Å²) in [5.41, 5.74) is 0.790. The fraction of sp³-hybridized carbons (Fsp3) is 0.583. The Kier molecular flexibility index (Phi) is 3.10. The highest BCUT2D eigenvalue weighted by atomic mass is 16.5. The average molecular weight is 247 g/mol. The van der Waals surface area contributed by atoms with Crippen LogP contribution in [0.5, 0.6) is 0 Å². The molecule has 3 rings (SSSR count). The van der Waals surface area contributed by atoms with Gasteiger partial charge in [0.1, 0.15) is 5.82 Å². The van der Waals surface area contributed by atoms with E-state index in [1.807, 2.05) is 17.5 Å². The number of hydrogen-bond acceptors (Lipinski definition) is 5. The summed E-state index contributed by atoms with van der Waals surface area (Å²) in [6.07, 6.45) is 5.92. The van der Waals surface area contributed by atoms with Crippen molar-refractivity contribution in [3.05, 3.63) is 18.2 Å². The number of nitrogens with one attached hydrogen (secondary N) is 1. The number of nitrogens with zero attached hydrogens (tertiary/aromatic N) is 4. The predicted molar refractivity (Wildman–Crippen MR) is 67.6 cm³/mol. The smallest absolute Gasteiger partial charge is 0.203 e. The van der Waals surface area contributed by atoms with Crippen molar-refractivity contribution in [3.63, 3.8) is 0 Å². The quantitative estimate of drug-likeness (QED) is 0.881. The molecule has 18 heavy (non-hydrogen) atoms. The molecular weight excluding hydrogens is 230 g/mol. The molecule has 1 saturated heterocycles. The summed E-state index contributed by atoms with van der Waals surface area (Å²) >= 11 is 0. The normalized spacial score (nSPS) is 19.5. The van der Waals surface area contributed by atoms with Crippen LogP contribution in [-0.4, -0.2) is 39.3 Å². The van der Waals surface area contributed by atoms with Gasteiger partial charge in [-0.2, -0.15) is 0 Å². The molecule has 6 heteroatoms. The third kappa shape index (κ3) is 2.15. The first-order valence-electron chi connectivity index (χ1n) is 6.32. The summed E-state index contributed by atoms with van der Waals surface area (Å²) in [4.78, 5) is 4.32. The Morgan fingerprint density at radius 2 is 2.44 bits per heavy atom. The summed E-state index contributed by atoms with van der Waals surface area (Å²) in [6.45, 7) is 4.62. The zero-order valence-corrected chi connectivity index (χ0v) is 10.5. The average Bonchev–Trinajstić information content (AvgIpc) is 3.01. The molecule has 0 bridgehead atoms. The molecule has 1 aliphatic rings. The molecule has 2 aromatic heterocycles. The minimum atomic E-state index is 0.678. The second-order valence-corrected chi connectivity index (χ2v) is 4.66. The number of aryl methyl sites for hydroxylation is 1. The zero-order chi connectivity index (χ0) is 12.4. The maximum atomic E-state index is 5.36. The summed E-state index contributed by atoms with van der Waals surface area (Å²) in [6, 6.07) is 0. The Bertz CT molecular complexity index is 532. The molecule has 2 aromatic rings. The molecule has 1 atom stereocenters. The van der Waals surface area contributed by atoms with Gasteiger partial charge in [0.25, 0.3) is 0 Å². The van der Waals surface area contributed by atoms with E-state index < -0.39 is 0 Å². The van der Waals surface area contributed by atoms with Gasteiger partial charge < -0.3 is 10.1 Å². The second-order valence-electron chi connectivity index (χ2n) is 4.66. The Morgan fingerprint density at radius 1 is 1.50 bits per heavy atom. The number of anilines is 1. The molecule has 0 radical (unpaired) electrons. The molecule has 6 nitrogen and oxygen atoms in total. The summed E-state index contributed by atoms with van der Waals surface area (Å²) in [5.74, 6) is 2.36. The molecule has 1 fully saturated rings. The van der Waals surface area contributed by atoms with Crippen LogP contribution in [0.2, 0.25) is 0 Å². The van der Waals surface area contributed by atoms with E-state index in [4.69, 9.17) is 4.74 Å². The van der Waals surface area contributed by atoms with Gasteiger partial charge in [-0.05, 0) is 25.7 Å². The number of hydrogen-bond donors (Lipinski definition) is 1. The van der Waals surface area contributed by atoms with Crippen LogP contribution >= 0.6 is 0 Å². The van der Waals surface area contributed by atoms with Gasteiger partial charge in [-0.1, -0.05) is 0 Å². The van der Waals surface area contributed by atoms with E-state index >= 15 is 0 Å². The van der Waals surface area contributed by atoms with Gasteiger partial charge in [-0.25, -0.2) is 4.98 Å². The van der Waals surface area contributed by atoms with Crippen molar-refractivity contribution in [2.45, 2.75) is 19.8 Å². The van der Waals surface area contributed by atoms with Crippen LogP contribution < -0.4 is 5.32 Å². The van der Waals surface area contributed by atoms with Crippen LogP contribution in [0.1, 0.15) is 18.7 Å². The van der Waals surface area contributed by atoms with Crippen molar-refractivity contribution in [2.24, 2.45) is 5.92 Å². The summed E-state index contributed by atoms with van der Waals surface area (Å²) < 4.78 is 7.30. The maximum absolute atomic E-state index is 5.36. The first kappa shape index (κ1) is 11.4. The first-order chi connectivity index (χ1) is 8.84. The third-order valence-electron chi connectivity index (χ3n) is 3.37. The van der Waals surface area contributed by atoms with E-state index in [2.05, 4.69) is 20.5 Å². The van der Waals surface area contributed by atoms with Crippen LogP contribution in [0.4, 0.5) is 5.82 Å². The molecule has 0 aromatic carbocycles. The molecule has 0 saturated carbocycles. The van der Waals surface area contributed by atoms with Crippen molar-refractivity contribution < 1.29 is 4.74 Å². The number of rotatable bonds is 4. The molecule has 0 amide bonds. The summed E-state index contributed by atoms with van der Waals surface area (Å²) in [7, 11) is 0. The number of ether oxygens (including phenoxy) is 1. The number of fused-ring (bicyclic) bond motifs is 1. The van der Waals surface area contributed by atoms with Crippen LogP contribution in [0.3, 0.4) is 0 Å². The first-order valence-corrected chi connectivity index (χ1v) is 6.32. The standard InChI is InChI=1S/C12H17N5O/c1-9-15-16-12-11(14-5-6-17(9)12)13-4-2-10-3-7-18-8-10/h5-6,10H,2-4,7-8H2,1H3,(H,13,14). The van der Waals surface area contributed by atoms with Gasteiger partial charge in [0, 0.05) is 32.2 Å². The predicted octanol–water partition coefficient (Wildman–Crippen LogP) is 1.27. The summed E-state index contributed by atoms with van der Waals surface area (Å²) in [5, 5.41) is 11.5. The minimum Gasteiger partial charge on any atom is -0.381 e. The highest BCUT2D eigenvalue weighted by Gasteiger charge is 2.15. The van der Waals surface area contributed by atoms with E-state index in [1.54, 1.807) is 6.20 Å². The minimum absolute atomic E-state index is 0.678. The highest BCUT2D eigenvalue weighted by Crippen LogP contribution is 2.17. The number of aromatic nitrogens is 4. The lowest BCUT2D eigenvalue weighted by Crippen LogP contribution is -2.10. The lowest BCUT2D eigenvalue weighted by Gasteiger charge is -2.09. The monoisotopic (exact) mass is 247 g/mol. The Labute approximate surface area is 105 Å². The fourth-order valence-corrected chi connectivity index (χ4v) is 2.27. The topological polar surface area (TPSA) is 64.3 Å². The van der Waals surface area contributed by atoms with Crippen LogP contribution in [-0.2, 0) is 4.74 Å². The Balaban J connectivity index is 1.66. The molecular formula is C12H17N5O. The van der Waals surface area contributed by atoms with Crippen molar-refractivity contribution in [1.29, 1.82) is 0 Å². The van der Waals surface area contributed by atoms with E-state index in [0.717, 1.165) is 43.5 Å². The third-order valence-corrected chi connectivity index (χ3v) is 3.37. The zero-order valence-electron chi connectivity index (χ0n) is 10.5. The lowest BCUT2D eigenvalue weighted by atomic mass is 10.1. The van der Waals surface area contributed by atoms with Crippen molar-refractivity contribution in [3.8, 4) is 0 Å². The Hall–Kier alpha value is -1.69. The van der Waals surface area contributed by atoms with Gasteiger partial charge in [-0.3, -0.25) is 4.40 Å². The lowest BCUT2D eigenvalue weighted by molar-refractivity contribution is 0.185. The molecule has 96 valence electrons. The van der Waals surface area contributed by atoms with Gasteiger partial charge >= 0.3 is 0 Å². The molecule has 0 aliphatic carbocycles. The van der Waals surface area contributed by atoms with Crippen molar-refractivity contribution in [1.82, 2.24) is 19.6 Å². The molecule has 1 unspecified atom stereocenters. The van der Waals surface area contributed by atoms with Gasteiger partial charge in [-0.15, -0.1) is 10.2 Å². The maximum Gasteiger partial charge on any atom is 0.203 e. The Morgan fingerprint density at radius 3 is 3.28 bits per heavy atom. The van der Waals surface area contributed by atoms with Gasteiger partial charge in [0.05, 0.1) is 0 Å². The largest absolute Gasteiger partial charge is 0.381 e. The van der Waals surface area contributed by atoms with E-state index in [-0.39, 0.29) is 0 Å². The van der Waals surface area contributed by atoms with Gasteiger partial charge in [0.15, 0.2) is 5.82 Å². The fourth-order valence-electron chi connectivity index (χ4n) is 2.27. The van der Waals surface area contributed by atoms with Crippen LogP contribution in [0.15, 0.2) is 12.4 Å². The van der Waals surface area contributed by atoms with Crippen LogP contribution in [0.25, 0.3) is 5.65 Å². The van der Waals surface area contributed by atoms with E-state index in [9.17, 15) is 0 Å². The SMILES string of the molecule is Cc1nnc2c(NCCC3CCOC3)nccn12. The van der Waals surface area contributed by atoms with Crippen molar-refractivity contribution in [2.75, 3.05) is 25.1 Å². The van der Waals surface area contributed by atoms with Crippen LogP contribution in [0, 0.1) is 12.8 Å². The molecule has 1 N–H and O–H groups in total. The molecule has 1 aliphatic heterocycles. The van der Waals surface area contributed by atoms with E-state index in [0.29, 0.717) is 5.92 Å². The van der Waals surface area contributed by atoms with E-state index in [1.165, 1.54) is 6.42 Å². The molecule has 3 heterocycles. The highest BCUT2D eigenvalue weighted by molar-refractivity contribution is 5.61. The van der Waals surface area contributed by atoms with Gasteiger partial charge in [0.2, 0.25) is 5.65 Å².